The SMILES string of the molecule is Cc1cc(NN)ccc1C(=O)Nc1cccc(C(C)C)c1. The number of nitrogens with two attached hydrogens (primary N) is 1. The van der Waals surface area contributed by atoms with Crippen LogP contribution in [0.2, 0.25) is 0 Å². The first-order chi connectivity index (χ1) is 10.0. The Kier molecular flexibility index (Phi) is 4.60. The Labute approximate surface area is 125 Å². The molecule has 0 spiro atoms. The topological polar surface area (TPSA) is 67.1 Å². The van der Waals surface area contributed by atoms with Crippen LogP contribution in [-0.2, 0) is 0 Å². The molecule has 4 nitrogen and oxygen atoms in total. The molecule has 0 saturated carbocycles. The summed E-state index contributed by atoms with van der Waals surface area (Å²) < 4.78 is 0. The fourth-order valence-electron chi connectivity index (χ4n) is 2.18. The fourth-order valence-corrected chi connectivity index (χ4v) is 2.18. The van der Waals surface area contributed by atoms with Gasteiger partial charge in [-0.05, 0) is 54.3 Å². The summed E-state index contributed by atoms with van der Waals surface area (Å²) in [7, 11) is 0. The van der Waals surface area contributed by atoms with Crippen LogP contribution >= 0.6 is 0 Å². The van der Waals surface area contributed by atoms with Crippen LogP contribution < -0.4 is 16.6 Å². The molecule has 2 rings (SSSR count). The maximum absolute atomic E-state index is 12.4. The van der Waals surface area contributed by atoms with Crippen LogP contribution in [0, 0.1) is 6.92 Å². The average molecular weight is 283 g/mol. The summed E-state index contributed by atoms with van der Waals surface area (Å²) in [5, 5.41) is 2.94. The lowest BCUT2D eigenvalue weighted by Gasteiger charge is -2.11. The number of benzene rings is 2. The molecule has 4 heteroatoms. The number of rotatable bonds is 4. The van der Waals surface area contributed by atoms with E-state index in [1.165, 1.54) is 5.56 Å². The van der Waals surface area contributed by atoms with E-state index in [0.717, 1.165) is 16.9 Å². The van der Waals surface area contributed by atoms with Crippen LogP contribution in [0.4, 0.5) is 11.4 Å². The number of amides is 1. The molecule has 2 aromatic carbocycles. The van der Waals surface area contributed by atoms with Crippen molar-refractivity contribution < 1.29 is 4.79 Å². The molecule has 0 aliphatic rings. The molecule has 0 saturated heterocycles. The highest BCUT2D eigenvalue weighted by molar-refractivity contribution is 6.05. The van der Waals surface area contributed by atoms with Gasteiger partial charge in [0.25, 0.3) is 5.91 Å². The first-order valence-corrected chi connectivity index (χ1v) is 7.00. The number of carbonyl (C=O) groups excluding carboxylic acids is 1. The van der Waals surface area contributed by atoms with Gasteiger partial charge in [0.15, 0.2) is 0 Å². The number of carbonyl (C=O) groups is 1. The smallest absolute Gasteiger partial charge is 0.255 e. The van der Waals surface area contributed by atoms with Crippen molar-refractivity contribution in [1.29, 1.82) is 0 Å². The number of nitrogens with one attached hydrogen (secondary N) is 2. The van der Waals surface area contributed by atoms with Gasteiger partial charge in [-0.2, -0.15) is 0 Å². The second-order valence-electron chi connectivity index (χ2n) is 5.41. The molecule has 0 radical (unpaired) electrons. The number of hydrazine groups is 1. The monoisotopic (exact) mass is 283 g/mol. The van der Waals surface area contributed by atoms with Crippen molar-refractivity contribution in [3.05, 3.63) is 59.2 Å². The minimum Gasteiger partial charge on any atom is -0.324 e. The minimum atomic E-state index is -0.114. The molecule has 4 N–H and O–H groups in total. The van der Waals surface area contributed by atoms with Gasteiger partial charge in [-0.3, -0.25) is 10.6 Å². The molecule has 110 valence electrons. The Morgan fingerprint density at radius 2 is 1.86 bits per heavy atom. The lowest BCUT2D eigenvalue weighted by molar-refractivity contribution is 0.102. The summed E-state index contributed by atoms with van der Waals surface area (Å²) in [6.07, 6.45) is 0. The normalized spacial score (nSPS) is 10.5. The highest BCUT2D eigenvalue weighted by atomic mass is 16.1. The zero-order chi connectivity index (χ0) is 15.4. The van der Waals surface area contributed by atoms with Crippen LogP contribution in [0.25, 0.3) is 0 Å². The summed E-state index contributed by atoms with van der Waals surface area (Å²) in [6.45, 7) is 6.15. The van der Waals surface area contributed by atoms with Gasteiger partial charge >= 0.3 is 0 Å². The molecule has 0 atom stereocenters. The first kappa shape index (κ1) is 15.1. The molecule has 0 fully saturated rings. The molecule has 21 heavy (non-hydrogen) atoms. The van der Waals surface area contributed by atoms with Gasteiger partial charge in [-0.1, -0.05) is 26.0 Å². The molecule has 1 amide bonds. The van der Waals surface area contributed by atoms with Crippen molar-refractivity contribution in [2.75, 3.05) is 10.7 Å². The zero-order valence-corrected chi connectivity index (χ0v) is 12.6. The van der Waals surface area contributed by atoms with Crippen molar-refractivity contribution in [2.45, 2.75) is 26.7 Å². The highest BCUT2D eigenvalue weighted by Crippen LogP contribution is 2.20. The molecule has 0 aliphatic carbocycles. The summed E-state index contributed by atoms with van der Waals surface area (Å²) in [4.78, 5) is 12.4. The van der Waals surface area contributed by atoms with Crippen LogP contribution in [0.1, 0.15) is 41.3 Å². The van der Waals surface area contributed by atoms with Gasteiger partial charge < -0.3 is 10.7 Å². The second kappa shape index (κ2) is 6.41. The molecule has 0 bridgehead atoms. The van der Waals surface area contributed by atoms with Crippen molar-refractivity contribution >= 4 is 17.3 Å². The lowest BCUT2D eigenvalue weighted by atomic mass is 10.0. The van der Waals surface area contributed by atoms with E-state index < -0.39 is 0 Å². The summed E-state index contributed by atoms with van der Waals surface area (Å²) in [5.41, 5.74) is 6.89. The van der Waals surface area contributed by atoms with Crippen LogP contribution in [-0.4, -0.2) is 5.91 Å². The fraction of sp³-hybridized carbons (Fsp3) is 0.235. The number of hydrogen-bond donors (Lipinski definition) is 3. The van der Waals surface area contributed by atoms with E-state index >= 15 is 0 Å². The van der Waals surface area contributed by atoms with E-state index in [4.69, 9.17) is 5.84 Å². The van der Waals surface area contributed by atoms with Crippen LogP contribution in [0.15, 0.2) is 42.5 Å². The Hall–Kier alpha value is -2.33. The van der Waals surface area contributed by atoms with E-state index in [9.17, 15) is 4.79 Å². The van der Waals surface area contributed by atoms with Gasteiger partial charge in [0.05, 0.1) is 0 Å². The van der Waals surface area contributed by atoms with E-state index in [0.29, 0.717) is 11.5 Å². The zero-order valence-electron chi connectivity index (χ0n) is 12.6. The van der Waals surface area contributed by atoms with Crippen molar-refractivity contribution in [3.63, 3.8) is 0 Å². The van der Waals surface area contributed by atoms with E-state index in [2.05, 4.69) is 30.7 Å². The van der Waals surface area contributed by atoms with E-state index in [1.54, 1.807) is 12.1 Å². The number of nitrogen functional groups attached to an aromatic ring is 1. The van der Waals surface area contributed by atoms with E-state index in [1.807, 2.05) is 31.2 Å². The summed E-state index contributed by atoms with van der Waals surface area (Å²) >= 11 is 0. The average Bonchev–Trinajstić information content (AvgIpc) is 2.47. The minimum absolute atomic E-state index is 0.114. The van der Waals surface area contributed by atoms with Crippen molar-refractivity contribution in [1.82, 2.24) is 0 Å². The van der Waals surface area contributed by atoms with Gasteiger partial charge in [-0.15, -0.1) is 0 Å². The van der Waals surface area contributed by atoms with Crippen LogP contribution in [0.5, 0.6) is 0 Å². The van der Waals surface area contributed by atoms with Gasteiger partial charge in [0.2, 0.25) is 0 Å². The maximum atomic E-state index is 12.4. The molecular formula is C17H21N3O. The number of aryl methyl sites for hydroxylation is 1. The van der Waals surface area contributed by atoms with Crippen molar-refractivity contribution in [3.8, 4) is 0 Å². The predicted molar refractivity (Wildman–Crippen MR) is 87.5 cm³/mol. The molecule has 0 aliphatic heterocycles. The predicted octanol–water partition coefficient (Wildman–Crippen LogP) is 3.66. The number of anilines is 2. The molecule has 0 unspecified atom stereocenters. The Morgan fingerprint density at radius 3 is 2.48 bits per heavy atom. The maximum Gasteiger partial charge on any atom is 0.255 e. The molecule has 0 heterocycles. The second-order valence-corrected chi connectivity index (χ2v) is 5.41. The Balaban J connectivity index is 2.20. The quantitative estimate of drug-likeness (QED) is 0.592. The summed E-state index contributed by atoms with van der Waals surface area (Å²) in [5.74, 6) is 5.68. The third-order valence-electron chi connectivity index (χ3n) is 3.45. The van der Waals surface area contributed by atoms with Gasteiger partial charge in [0.1, 0.15) is 0 Å². The highest BCUT2D eigenvalue weighted by Gasteiger charge is 2.10. The third kappa shape index (κ3) is 3.61. The first-order valence-electron chi connectivity index (χ1n) is 7.00. The standard InChI is InChI=1S/C17H21N3O/c1-11(2)13-5-4-6-14(10-13)19-17(21)16-8-7-15(20-18)9-12(16)3/h4-11,20H,18H2,1-3H3,(H,19,21). The summed E-state index contributed by atoms with van der Waals surface area (Å²) in [6, 6.07) is 13.3. The van der Waals surface area contributed by atoms with E-state index in [-0.39, 0.29) is 5.91 Å². The largest absolute Gasteiger partial charge is 0.324 e. The van der Waals surface area contributed by atoms with Gasteiger partial charge in [-0.25, -0.2) is 0 Å². The lowest BCUT2D eigenvalue weighted by Crippen LogP contribution is -2.14. The van der Waals surface area contributed by atoms with Crippen molar-refractivity contribution in [2.24, 2.45) is 5.84 Å². The third-order valence-corrected chi connectivity index (χ3v) is 3.45. The van der Waals surface area contributed by atoms with Crippen LogP contribution in [0.3, 0.4) is 0 Å². The molecule has 2 aromatic rings. The Bertz CT molecular complexity index is 650. The Morgan fingerprint density at radius 1 is 1.10 bits per heavy atom. The van der Waals surface area contributed by atoms with Gasteiger partial charge in [0, 0.05) is 16.9 Å². The number of hydrogen-bond acceptors (Lipinski definition) is 3. The molecule has 0 aromatic heterocycles. The molecular weight excluding hydrogens is 262 g/mol.